The van der Waals surface area contributed by atoms with Gasteiger partial charge in [0, 0.05) is 42.6 Å². The average Bonchev–Trinajstić information content (AvgIpc) is 3.29. The van der Waals surface area contributed by atoms with E-state index in [4.69, 9.17) is 9.47 Å². The maximum atomic E-state index is 12.4. The maximum absolute atomic E-state index is 12.4. The zero-order valence-electron chi connectivity index (χ0n) is 19.3. The third-order valence-corrected chi connectivity index (χ3v) is 5.50. The number of aromatic nitrogens is 2. The molecular formula is C27H27N3O4. The summed E-state index contributed by atoms with van der Waals surface area (Å²) in [6.07, 6.45) is 4.99. The molecule has 0 bridgehead atoms. The molecule has 0 fully saturated rings. The molecule has 0 atom stereocenters. The molecule has 1 amide bonds. The lowest BCUT2D eigenvalue weighted by atomic mass is 10.0. The first-order valence-corrected chi connectivity index (χ1v) is 11.2. The molecule has 0 radical (unpaired) electrons. The summed E-state index contributed by atoms with van der Waals surface area (Å²) in [5.41, 5.74) is 3.97. The van der Waals surface area contributed by atoms with Crippen LogP contribution in [0.25, 0.3) is 5.65 Å². The number of imidazole rings is 1. The maximum Gasteiger partial charge on any atom is 0.224 e. The Balaban J connectivity index is 1.35. The number of nitrogens with one attached hydrogen (secondary N) is 1. The lowest BCUT2D eigenvalue weighted by Gasteiger charge is -2.12. The zero-order chi connectivity index (χ0) is 23.9. The number of methoxy groups -OCH3 is 1. The van der Waals surface area contributed by atoms with Gasteiger partial charge in [-0.05, 0) is 36.2 Å². The molecule has 0 unspecified atom stereocenters. The number of fused-ring (bicyclic) bond motifs is 1. The zero-order valence-corrected chi connectivity index (χ0v) is 19.3. The lowest BCUT2D eigenvalue weighted by molar-refractivity contribution is -0.116. The predicted octanol–water partition coefficient (Wildman–Crippen LogP) is 5.09. The Hall–Kier alpha value is -4.13. The highest BCUT2D eigenvalue weighted by atomic mass is 16.5. The fraction of sp³-hybridized carbons (Fsp3) is 0.222. The highest BCUT2D eigenvalue weighted by Crippen LogP contribution is 2.31. The number of nitrogens with zero attached hydrogens (tertiary/aromatic N) is 2. The molecule has 0 spiro atoms. The normalized spacial score (nSPS) is 10.8. The number of benzene rings is 2. The van der Waals surface area contributed by atoms with Crippen LogP contribution in [0.5, 0.6) is 11.5 Å². The third kappa shape index (κ3) is 5.61. The molecular weight excluding hydrogens is 430 g/mol. The fourth-order valence-electron chi connectivity index (χ4n) is 3.60. The molecule has 34 heavy (non-hydrogen) atoms. The van der Waals surface area contributed by atoms with E-state index in [1.165, 1.54) is 5.56 Å². The Labute approximate surface area is 198 Å². The minimum Gasteiger partial charge on any atom is -0.493 e. The molecule has 2 aromatic carbocycles. The second-order valence-corrected chi connectivity index (χ2v) is 7.87. The van der Waals surface area contributed by atoms with E-state index in [1.54, 1.807) is 25.3 Å². The number of anilines is 1. The quantitative estimate of drug-likeness (QED) is 0.336. The SMILES string of the molecule is CCc1ccc(C(=O)CCC(=O)Nc2ccc(OC)c(OCc3cn4ccccc4n3)c2)cc1. The van der Waals surface area contributed by atoms with Crippen LogP contribution in [0.2, 0.25) is 0 Å². The number of ketones is 1. The standard InChI is InChI=1S/C27H27N3O4/c1-3-19-7-9-20(10-8-19)23(31)12-14-27(32)29-21-11-13-24(33-2)25(16-21)34-18-22-17-30-15-5-4-6-26(30)28-22/h4-11,13,15-17H,3,12,14,18H2,1-2H3,(H,29,32). The van der Waals surface area contributed by atoms with Crippen molar-refractivity contribution in [1.29, 1.82) is 0 Å². The van der Waals surface area contributed by atoms with Crippen LogP contribution < -0.4 is 14.8 Å². The van der Waals surface area contributed by atoms with Crippen molar-refractivity contribution in [2.24, 2.45) is 0 Å². The topological polar surface area (TPSA) is 81.9 Å². The number of rotatable bonds is 10. The van der Waals surface area contributed by atoms with Crippen LogP contribution in [-0.4, -0.2) is 28.2 Å². The summed E-state index contributed by atoms with van der Waals surface area (Å²) in [4.78, 5) is 29.4. The van der Waals surface area contributed by atoms with Gasteiger partial charge in [0.25, 0.3) is 0 Å². The summed E-state index contributed by atoms with van der Waals surface area (Å²) in [6, 6.07) is 18.5. The van der Waals surface area contributed by atoms with Gasteiger partial charge < -0.3 is 19.2 Å². The first kappa shape index (κ1) is 23.0. The summed E-state index contributed by atoms with van der Waals surface area (Å²) < 4.78 is 13.2. The van der Waals surface area contributed by atoms with Crippen molar-refractivity contribution in [2.45, 2.75) is 32.8 Å². The van der Waals surface area contributed by atoms with E-state index in [0.29, 0.717) is 22.7 Å². The molecule has 2 heterocycles. The van der Waals surface area contributed by atoms with E-state index in [9.17, 15) is 9.59 Å². The van der Waals surface area contributed by atoms with E-state index < -0.39 is 0 Å². The van der Waals surface area contributed by atoms with Crippen molar-refractivity contribution < 1.29 is 19.1 Å². The van der Waals surface area contributed by atoms with Crippen molar-refractivity contribution in [1.82, 2.24) is 9.38 Å². The van der Waals surface area contributed by atoms with Gasteiger partial charge >= 0.3 is 0 Å². The van der Waals surface area contributed by atoms with Crippen LogP contribution in [0.4, 0.5) is 5.69 Å². The summed E-state index contributed by atoms with van der Waals surface area (Å²) in [5, 5.41) is 2.83. The molecule has 7 heteroatoms. The van der Waals surface area contributed by atoms with Gasteiger partial charge in [-0.15, -0.1) is 0 Å². The second-order valence-electron chi connectivity index (χ2n) is 7.87. The number of carbonyl (C=O) groups excluding carboxylic acids is 2. The van der Waals surface area contributed by atoms with Gasteiger partial charge in [0.1, 0.15) is 12.3 Å². The summed E-state index contributed by atoms with van der Waals surface area (Å²) in [6.45, 7) is 2.32. The fourth-order valence-corrected chi connectivity index (χ4v) is 3.60. The number of aryl methyl sites for hydroxylation is 1. The van der Waals surface area contributed by atoms with E-state index >= 15 is 0 Å². The minimum atomic E-state index is -0.241. The molecule has 2 aromatic heterocycles. The highest BCUT2D eigenvalue weighted by Gasteiger charge is 2.12. The molecule has 4 aromatic rings. The predicted molar refractivity (Wildman–Crippen MR) is 131 cm³/mol. The van der Waals surface area contributed by atoms with Crippen LogP contribution in [0.15, 0.2) is 73.1 Å². The van der Waals surface area contributed by atoms with E-state index in [2.05, 4.69) is 17.2 Å². The van der Waals surface area contributed by atoms with E-state index in [-0.39, 0.29) is 31.1 Å². The summed E-state index contributed by atoms with van der Waals surface area (Å²) in [7, 11) is 1.56. The lowest BCUT2D eigenvalue weighted by Crippen LogP contribution is -2.13. The first-order chi connectivity index (χ1) is 16.6. The molecule has 4 rings (SSSR count). The highest BCUT2D eigenvalue weighted by molar-refractivity contribution is 6.00. The Morgan fingerprint density at radius 2 is 1.82 bits per heavy atom. The van der Waals surface area contributed by atoms with Crippen molar-refractivity contribution in [3.63, 3.8) is 0 Å². The monoisotopic (exact) mass is 457 g/mol. The van der Waals surface area contributed by atoms with E-state index in [1.807, 2.05) is 59.3 Å². The van der Waals surface area contributed by atoms with Gasteiger partial charge in [-0.1, -0.05) is 37.3 Å². The minimum absolute atomic E-state index is 0.0518. The number of hydrogen-bond donors (Lipinski definition) is 1. The molecule has 0 aliphatic heterocycles. The van der Waals surface area contributed by atoms with Crippen molar-refractivity contribution in [3.8, 4) is 11.5 Å². The molecule has 0 saturated carbocycles. The Kier molecular flexibility index (Phi) is 7.22. The van der Waals surface area contributed by atoms with E-state index in [0.717, 1.165) is 17.8 Å². The number of hydrogen-bond acceptors (Lipinski definition) is 5. The number of carbonyl (C=O) groups is 2. The van der Waals surface area contributed by atoms with Crippen LogP contribution in [0, 0.1) is 0 Å². The summed E-state index contributed by atoms with van der Waals surface area (Å²) >= 11 is 0. The molecule has 7 nitrogen and oxygen atoms in total. The van der Waals surface area contributed by atoms with Crippen LogP contribution in [-0.2, 0) is 17.8 Å². The third-order valence-electron chi connectivity index (χ3n) is 5.50. The van der Waals surface area contributed by atoms with Crippen LogP contribution in [0.3, 0.4) is 0 Å². The number of Topliss-reactive ketones (excluding diaryl/α,β-unsaturated/α-hetero) is 1. The van der Waals surface area contributed by atoms with Gasteiger partial charge in [-0.2, -0.15) is 0 Å². The Morgan fingerprint density at radius 1 is 1.00 bits per heavy atom. The largest absolute Gasteiger partial charge is 0.493 e. The first-order valence-electron chi connectivity index (χ1n) is 11.2. The molecule has 0 aliphatic carbocycles. The van der Waals surface area contributed by atoms with Crippen LogP contribution >= 0.6 is 0 Å². The molecule has 1 N–H and O–H groups in total. The molecule has 174 valence electrons. The number of ether oxygens (including phenoxy) is 2. The second kappa shape index (κ2) is 10.7. The van der Waals surface area contributed by atoms with Gasteiger partial charge in [-0.25, -0.2) is 4.98 Å². The van der Waals surface area contributed by atoms with Crippen molar-refractivity contribution in [3.05, 3.63) is 89.9 Å². The molecule has 0 saturated heterocycles. The summed E-state index contributed by atoms with van der Waals surface area (Å²) in [5.74, 6) is 0.746. The van der Waals surface area contributed by atoms with Gasteiger partial charge in [0.2, 0.25) is 5.91 Å². The Bertz CT molecular complexity index is 1260. The average molecular weight is 458 g/mol. The van der Waals surface area contributed by atoms with Gasteiger partial charge in [-0.3, -0.25) is 9.59 Å². The van der Waals surface area contributed by atoms with Gasteiger partial charge in [0.05, 0.1) is 12.8 Å². The number of pyridine rings is 1. The Morgan fingerprint density at radius 3 is 2.56 bits per heavy atom. The molecule has 0 aliphatic rings. The number of amides is 1. The van der Waals surface area contributed by atoms with Gasteiger partial charge in [0.15, 0.2) is 17.3 Å². The van der Waals surface area contributed by atoms with Crippen molar-refractivity contribution in [2.75, 3.05) is 12.4 Å². The smallest absolute Gasteiger partial charge is 0.224 e. The van der Waals surface area contributed by atoms with Crippen molar-refractivity contribution >= 4 is 23.0 Å². The van der Waals surface area contributed by atoms with Crippen LogP contribution in [0.1, 0.15) is 41.4 Å².